The molecule has 1 aromatic carbocycles. The molecule has 7 heteroatoms. The largest absolute Gasteiger partial charge is 0.481 e. The number of hydrogen-bond acceptors (Lipinski definition) is 4. The maximum atomic E-state index is 12.3. The normalized spacial score (nSPS) is 11.1. The highest BCUT2D eigenvalue weighted by Crippen LogP contribution is 2.24. The average Bonchev–Trinajstić information content (AvgIpc) is 3.35. The quantitative estimate of drug-likeness (QED) is 0.0629. The third-order valence-corrected chi connectivity index (χ3v) is 7.74. The Morgan fingerprint density at radius 3 is 1.88 bits per heavy atom. The molecule has 0 aliphatic rings. The van der Waals surface area contributed by atoms with E-state index in [4.69, 9.17) is 9.84 Å². The van der Waals surface area contributed by atoms with E-state index < -0.39 is 11.9 Å². The van der Waals surface area contributed by atoms with Crippen molar-refractivity contribution in [3.63, 3.8) is 0 Å². The van der Waals surface area contributed by atoms with Gasteiger partial charge in [0.2, 0.25) is 5.91 Å². The molecule has 41 heavy (non-hydrogen) atoms. The lowest BCUT2D eigenvalue weighted by atomic mass is 10.0. The van der Waals surface area contributed by atoms with Gasteiger partial charge in [0.05, 0.1) is 12.8 Å². The van der Waals surface area contributed by atoms with E-state index in [2.05, 4.69) is 17.2 Å². The van der Waals surface area contributed by atoms with Gasteiger partial charge in [0.25, 0.3) is 0 Å². The molecule has 2 rings (SSSR count). The summed E-state index contributed by atoms with van der Waals surface area (Å²) in [6, 6.07) is 5.29. The minimum absolute atomic E-state index is 0.0962. The number of carbonyl (C=O) groups excluding carboxylic acids is 2. The van der Waals surface area contributed by atoms with Crippen molar-refractivity contribution in [3.8, 4) is 5.75 Å². The molecule has 0 atom stereocenters. The van der Waals surface area contributed by atoms with Gasteiger partial charge in [0.15, 0.2) is 0 Å². The lowest BCUT2D eigenvalue weighted by Gasteiger charge is -2.06. The number of hydrogen-bond donors (Lipinski definition) is 3. The lowest BCUT2D eigenvalue weighted by molar-refractivity contribution is -0.142. The lowest BCUT2D eigenvalue weighted by Crippen LogP contribution is -2.25. The van der Waals surface area contributed by atoms with E-state index in [1.165, 1.54) is 96.3 Å². The van der Waals surface area contributed by atoms with Gasteiger partial charge in [-0.3, -0.25) is 14.4 Å². The van der Waals surface area contributed by atoms with Crippen molar-refractivity contribution in [1.29, 1.82) is 0 Å². The van der Waals surface area contributed by atoms with Crippen LogP contribution in [0.3, 0.4) is 0 Å². The van der Waals surface area contributed by atoms with Crippen LogP contribution in [0.15, 0.2) is 24.4 Å². The fourth-order valence-corrected chi connectivity index (χ4v) is 5.25. The molecule has 1 heterocycles. The summed E-state index contributed by atoms with van der Waals surface area (Å²) in [5, 5.41) is 12.7. The van der Waals surface area contributed by atoms with Gasteiger partial charge in [-0.1, -0.05) is 110 Å². The summed E-state index contributed by atoms with van der Waals surface area (Å²) in [6.45, 7) is 2.82. The van der Waals surface area contributed by atoms with Gasteiger partial charge in [0, 0.05) is 30.1 Å². The molecule has 2 aromatic rings. The summed E-state index contributed by atoms with van der Waals surface area (Å²) in [5.74, 6) is -1.12. The second-order valence-corrected chi connectivity index (χ2v) is 11.4. The third kappa shape index (κ3) is 16.3. The molecule has 0 aliphatic heterocycles. The number of unbranched alkanes of at least 4 members (excludes halogenated alkanes) is 16. The first-order chi connectivity index (χ1) is 20.0. The van der Waals surface area contributed by atoms with Crippen molar-refractivity contribution in [2.45, 2.75) is 142 Å². The maximum absolute atomic E-state index is 12.3. The number of nitrogens with one attached hydrogen (secondary N) is 2. The minimum atomic E-state index is -1.03. The summed E-state index contributed by atoms with van der Waals surface area (Å²) in [7, 11) is 0. The van der Waals surface area contributed by atoms with Crippen LogP contribution >= 0.6 is 0 Å². The molecule has 0 fully saturated rings. The number of fused-ring (bicyclic) bond motifs is 1. The van der Waals surface area contributed by atoms with E-state index in [0.29, 0.717) is 25.1 Å². The van der Waals surface area contributed by atoms with Gasteiger partial charge in [-0.25, -0.2) is 0 Å². The van der Waals surface area contributed by atoms with Crippen LogP contribution in [0.1, 0.15) is 141 Å². The molecule has 0 aliphatic carbocycles. The van der Waals surface area contributed by atoms with Gasteiger partial charge in [-0.15, -0.1) is 0 Å². The first-order valence-corrected chi connectivity index (χ1v) is 16.3. The molecule has 7 nitrogen and oxygen atoms in total. The number of ether oxygens (including phenoxy) is 1. The van der Waals surface area contributed by atoms with Crippen LogP contribution in [0.5, 0.6) is 5.75 Å². The Balaban J connectivity index is 1.46. The zero-order chi connectivity index (χ0) is 29.5. The highest BCUT2D eigenvalue weighted by Gasteiger charge is 2.11. The molecule has 0 radical (unpaired) electrons. The number of amides is 1. The molecule has 0 bridgehead atoms. The number of aliphatic carboxylic acids is 1. The van der Waals surface area contributed by atoms with Gasteiger partial charge >= 0.3 is 11.9 Å². The first-order valence-electron chi connectivity index (χ1n) is 16.3. The monoisotopic (exact) mass is 570 g/mol. The molecule has 3 N–H and O–H groups in total. The Bertz CT molecular complexity index is 1020. The molecule has 0 saturated heterocycles. The number of rotatable bonds is 25. The van der Waals surface area contributed by atoms with Crippen molar-refractivity contribution in [2.24, 2.45) is 0 Å². The van der Waals surface area contributed by atoms with Gasteiger partial charge in [-0.05, 0) is 36.6 Å². The van der Waals surface area contributed by atoms with E-state index in [1.54, 1.807) is 12.1 Å². The summed E-state index contributed by atoms with van der Waals surface area (Å²) < 4.78 is 5.28. The third-order valence-electron chi connectivity index (χ3n) is 7.74. The number of aromatic amines is 1. The van der Waals surface area contributed by atoms with Crippen molar-refractivity contribution in [3.05, 3.63) is 30.0 Å². The van der Waals surface area contributed by atoms with E-state index in [0.717, 1.165) is 29.3 Å². The number of carboxylic acids is 1. The summed E-state index contributed by atoms with van der Waals surface area (Å²) in [6.07, 6.45) is 25.3. The smallest absolute Gasteiger partial charge is 0.311 e. The second-order valence-electron chi connectivity index (χ2n) is 11.4. The predicted octanol–water partition coefficient (Wildman–Crippen LogP) is 8.64. The van der Waals surface area contributed by atoms with Gasteiger partial charge in [-0.2, -0.15) is 0 Å². The zero-order valence-corrected chi connectivity index (χ0v) is 25.4. The van der Waals surface area contributed by atoms with Crippen LogP contribution < -0.4 is 10.1 Å². The molecule has 1 amide bonds. The van der Waals surface area contributed by atoms with E-state index in [-0.39, 0.29) is 18.7 Å². The summed E-state index contributed by atoms with van der Waals surface area (Å²) in [4.78, 5) is 37.9. The fraction of sp³-hybridized carbons (Fsp3) is 0.676. The van der Waals surface area contributed by atoms with Crippen LogP contribution in [-0.4, -0.2) is 34.5 Å². The number of benzene rings is 1. The molecule has 1 aromatic heterocycles. The molecular formula is C34H54N2O5. The standard InChI is InChI=1S/C34H54N2O5/c1-2-3-4-5-6-7-8-9-10-11-12-13-14-15-16-17-18-19-32(37)35-25-24-28-27-36-31-21-20-29(26-30(28)31)41-34(40)23-22-33(38)39/h20-21,26-27,36H,2-19,22-25H2,1H3,(H,35,37)(H,38,39). The Labute approximate surface area is 247 Å². The number of H-pyrrole nitrogens is 1. The van der Waals surface area contributed by atoms with Crippen LogP contribution in [0.2, 0.25) is 0 Å². The fourth-order valence-electron chi connectivity index (χ4n) is 5.25. The Kier molecular flexibility index (Phi) is 18.3. The molecule has 230 valence electrons. The molecule has 0 spiro atoms. The van der Waals surface area contributed by atoms with Crippen LogP contribution in [-0.2, 0) is 20.8 Å². The van der Waals surface area contributed by atoms with Crippen LogP contribution in [0.4, 0.5) is 0 Å². The predicted molar refractivity (Wildman–Crippen MR) is 166 cm³/mol. The van der Waals surface area contributed by atoms with Crippen molar-refractivity contribution in [2.75, 3.05) is 6.54 Å². The van der Waals surface area contributed by atoms with Gasteiger partial charge < -0.3 is 20.1 Å². The van der Waals surface area contributed by atoms with Crippen molar-refractivity contribution in [1.82, 2.24) is 10.3 Å². The number of carboxylic acid groups (broad SMARTS) is 1. The SMILES string of the molecule is CCCCCCCCCCCCCCCCCCCC(=O)NCCc1c[nH]c2ccc(OC(=O)CCC(=O)O)cc12. The number of esters is 1. The van der Waals surface area contributed by atoms with Crippen LogP contribution in [0.25, 0.3) is 10.9 Å². The number of carbonyl (C=O) groups is 3. The molecule has 0 unspecified atom stereocenters. The maximum Gasteiger partial charge on any atom is 0.311 e. The summed E-state index contributed by atoms with van der Waals surface area (Å²) >= 11 is 0. The highest BCUT2D eigenvalue weighted by atomic mass is 16.5. The Morgan fingerprint density at radius 1 is 0.756 bits per heavy atom. The molecule has 0 saturated carbocycles. The molecular weight excluding hydrogens is 516 g/mol. The van der Waals surface area contributed by atoms with Crippen LogP contribution in [0, 0.1) is 0 Å². The van der Waals surface area contributed by atoms with Gasteiger partial charge in [0.1, 0.15) is 5.75 Å². The second kappa shape index (κ2) is 21.9. The average molecular weight is 571 g/mol. The number of aromatic nitrogens is 1. The first kappa shape index (κ1) is 34.4. The van der Waals surface area contributed by atoms with E-state index in [9.17, 15) is 14.4 Å². The Morgan fingerprint density at radius 2 is 1.32 bits per heavy atom. The van der Waals surface area contributed by atoms with E-state index in [1.807, 2.05) is 12.3 Å². The zero-order valence-electron chi connectivity index (χ0n) is 25.4. The van der Waals surface area contributed by atoms with Crippen molar-refractivity contribution >= 4 is 28.7 Å². The summed E-state index contributed by atoms with van der Waals surface area (Å²) in [5.41, 5.74) is 1.95. The Hall–Kier alpha value is -2.83. The minimum Gasteiger partial charge on any atom is -0.481 e. The van der Waals surface area contributed by atoms with E-state index >= 15 is 0 Å². The highest BCUT2D eigenvalue weighted by molar-refractivity contribution is 5.86. The van der Waals surface area contributed by atoms with Crippen molar-refractivity contribution < 1.29 is 24.2 Å². The topological polar surface area (TPSA) is 108 Å².